The van der Waals surface area contributed by atoms with Gasteiger partial charge in [-0.25, -0.2) is 4.98 Å². The Bertz CT molecular complexity index is 1130. The molecule has 0 radical (unpaired) electrons. The number of carbonyl (C=O) groups excluding carboxylic acids is 2. The van der Waals surface area contributed by atoms with Crippen molar-refractivity contribution in [3.05, 3.63) is 70.4 Å². The van der Waals surface area contributed by atoms with Crippen LogP contribution >= 0.6 is 11.8 Å². The highest BCUT2D eigenvalue weighted by Gasteiger charge is 2.21. The van der Waals surface area contributed by atoms with Gasteiger partial charge in [-0.3, -0.25) is 19.0 Å². The maximum Gasteiger partial charge on any atom is 0.294 e. The summed E-state index contributed by atoms with van der Waals surface area (Å²) in [5.41, 5.74) is 0.686. The van der Waals surface area contributed by atoms with Crippen molar-refractivity contribution in [2.45, 2.75) is 38.6 Å². The van der Waals surface area contributed by atoms with Crippen molar-refractivity contribution >= 4 is 29.3 Å². The lowest BCUT2D eigenvalue weighted by atomic mass is 10.2. The molecule has 3 aromatic rings. The summed E-state index contributed by atoms with van der Waals surface area (Å²) >= 11 is 1.50. The highest BCUT2D eigenvalue weighted by atomic mass is 32.2. The van der Waals surface area contributed by atoms with Crippen LogP contribution in [0.2, 0.25) is 0 Å². The summed E-state index contributed by atoms with van der Waals surface area (Å²) in [6, 6.07) is 9.10. The summed E-state index contributed by atoms with van der Waals surface area (Å²) in [4.78, 5) is 45.9. The third-order valence-electron chi connectivity index (χ3n) is 4.71. The molecule has 1 aromatic carbocycles. The maximum atomic E-state index is 12.8. The van der Waals surface area contributed by atoms with Crippen molar-refractivity contribution in [2.75, 3.05) is 17.6 Å². The van der Waals surface area contributed by atoms with Crippen molar-refractivity contribution in [2.24, 2.45) is 0 Å². The van der Waals surface area contributed by atoms with Crippen molar-refractivity contribution in [1.29, 1.82) is 0 Å². The summed E-state index contributed by atoms with van der Waals surface area (Å²) in [5, 5.41) is 9.28. The molecule has 0 bridgehead atoms. The lowest BCUT2D eigenvalue weighted by Gasteiger charge is -2.18. The van der Waals surface area contributed by atoms with Crippen molar-refractivity contribution in [3.8, 4) is 0 Å². The van der Waals surface area contributed by atoms with Gasteiger partial charge in [-0.2, -0.15) is 4.98 Å². The van der Waals surface area contributed by atoms with Crippen molar-refractivity contribution < 1.29 is 14.1 Å². The average Bonchev–Trinajstić information content (AvgIpc) is 3.24. The molecule has 0 aliphatic heterocycles. The van der Waals surface area contributed by atoms with E-state index in [4.69, 9.17) is 4.52 Å². The number of hydrogen-bond donors (Lipinski definition) is 2. The molecule has 0 saturated heterocycles. The van der Waals surface area contributed by atoms with E-state index in [0.29, 0.717) is 23.9 Å². The first kappa shape index (κ1) is 24.2. The zero-order chi connectivity index (χ0) is 23.6. The largest absolute Gasteiger partial charge is 0.358 e. The van der Waals surface area contributed by atoms with Crippen LogP contribution in [0.25, 0.3) is 0 Å². The van der Waals surface area contributed by atoms with Crippen LogP contribution in [-0.2, 0) is 21.9 Å². The van der Waals surface area contributed by atoms with Crippen LogP contribution < -0.4 is 16.2 Å². The number of aryl methyl sites for hydroxylation is 1. The van der Waals surface area contributed by atoms with Crippen LogP contribution in [0.4, 0.5) is 5.82 Å². The van der Waals surface area contributed by atoms with Gasteiger partial charge in [0, 0.05) is 25.1 Å². The normalized spacial score (nSPS) is 11.7. The third kappa shape index (κ3) is 7.01. The molecule has 0 saturated carbocycles. The quantitative estimate of drug-likeness (QED) is 0.408. The molecule has 1 unspecified atom stereocenters. The van der Waals surface area contributed by atoms with Gasteiger partial charge in [0.1, 0.15) is 6.04 Å². The predicted molar refractivity (Wildman–Crippen MR) is 125 cm³/mol. The van der Waals surface area contributed by atoms with Crippen LogP contribution in [0.5, 0.6) is 0 Å². The molecule has 11 heteroatoms. The molecular formula is C22H26N6O4S. The first-order chi connectivity index (χ1) is 16.0. The Morgan fingerprint density at radius 1 is 1.24 bits per heavy atom. The summed E-state index contributed by atoms with van der Waals surface area (Å²) in [7, 11) is 0. The third-order valence-corrected chi connectivity index (χ3v) is 5.77. The van der Waals surface area contributed by atoms with Crippen LogP contribution in [0.15, 0.2) is 52.0 Å². The van der Waals surface area contributed by atoms with Crippen LogP contribution in [0.3, 0.4) is 0 Å². The molecule has 3 rings (SSSR count). The SMILES string of the molecule is CCC(C(=O)NCC(=O)CSCc1ccccc1)n1ccnc(NCc2noc(C)n2)c1=O. The van der Waals surface area contributed by atoms with Crippen molar-refractivity contribution in [1.82, 2.24) is 25.0 Å². The second kappa shape index (κ2) is 12.0. The number of hydrogen-bond acceptors (Lipinski definition) is 9. The monoisotopic (exact) mass is 470 g/mol. The van der Waals surface area contributed by atoms with E-state index in [2.05, 4.69) is 25.8 Å². The Morgan fingerprint density at radius 2 is 2.03 bits per heavy atom. The smallest absolute Gasteiger partial charge is 0.294 e. The molecule has 2 aromatic heterocycles. The van der Waals surface area contributed by atoms with Gasteiger partial charge in [-0.15, -0.1) is 11.8 Å². The minimum atomic E-state index is -0.766. The van der Waals surface area contributed by atoms with E-state index in [1.165, 1.54) is 28.7 Å². The molecule has 2 heterocycles. The number of rotatable bonds is 12. The second-order valence-electron chi connectivity index (χ2n) is 7.23. The number of nitrogens with zero attached hydrogens (tertiary/aromatic N) is 4. The number of nitrogens with one attached hydrogen (secondary N) is 2. The summed E-state index contributed by atoms with van der Waals surface area (Å²) in [6.45, 7) is 3.53. The van der Waals surface area contributed by atoms with Crippen LogP contribution in [-0.4, -0.2) is 43.7 Å². The van der Waals surface area contributed by atoms with E-state index in [1.54, 1.807) is 13.8 Å². The highest BCUT2D eigenvalue weighted by molar-refractivity contribution is 7.99. The molecule has 33 heavy (non-hydrogen) atoms. The lowest BCUT2D eigenvalue weighted by molar-refractivity contribution is -0.127. The summed E-state index contributed by atoms with van der Waals surface area (Å²) in [6.07, 6.45) is 3.26. The van der Waals surface area contributed by atoms with E-state index in [0.717, 1.165) is 11.3 Å². The van der Waals surface area contributed by atoms with E-state index in [9.17, 15) is 14.4 Å². The Morgan fingerprint density at radius 3 is 2.73 bits per heavy atom. The first-order valence-corrected chi connectivity index (χ1v) is 11.6. The maximum absolute atomic E-state index is 12.8. The number of amides is 1. The molecule has 2 N–H and O–H groups in total. The van der Waals surface area contributed by atoms with Gasteiger partial charge in [0.2, 0.25) is 11.8 Å². The standard InChI is InChI=1S/C22H26N6O4S/c1-3-18(21(30)25-11-17(29)14-33-13-16-7-5-4-6-8-16)28-10-9-23-20(22(28)31)24-12-19-26-15(2)32-27-19/h4-10,18H,3,11-14H2,1-2H3,(H,23,24)(H,25,30). The predicted octanol–water partition coefficient (Wildman–Crippen LogP) is 2.12. The minimum absolute atomic E-state index is 0.0691. The molecule has 0 aliphatic carbocycles. The minimum Gasteiger partial charge on any atom is -0.358 e. The molecule has 1 amide bonds. The van der Waals surface area contributed by atoms with E-state index >= 15 is 0 Å². The summed E-state index contributed by atoms with van der Waals surface area (Å²) < 4.78 is 6.21. The average molecular weight is 471 g/mol. The van der Waals surface area contributed by atoms with Gasteiger partial charge in [-0.1, -0.05) is 42.4 Å². The lowest BCUT2D eigenvalue weighted by Crippen LogP contribution is -2.40. The number of aromatic nitrogens is 4. The Balaban J connectivity index is 1.53. The number of anilines is 1. The van der Waals surface area contributed by atoms with Gasteiger partial charge in [0.25, 0.3) is 5.56 Å². The van der Waals surface area contributed by atoms with Gasteiger partial charge in [0.15, 0.2) is 17.4 Å². The number of carbonyl (C=O) groups is 2. The second-order valence-corrected chi connectivity index (χ2v) is 8.22. The van der Waals surface area contributed by atoms with Crippen molar-refractivity contribution in [3.63, 3.8) is 0 Å². The molecule has 0 aliphatic rings. The Hall–Kier alpha value is -3.47. The molecule has 1 atom stereocenters. The van der Waals surface area contributed by atoms with E-state index < -0.39 is 17.5 Å². The van der Waals surface area contributed by atoms with Crippen LogP contribution in [0.1, 0.15) is 36.7 Å². The van der Waals surface area contributed by atoms with Gasteiger partial charge in [0.05, 0.1) is 18.8 Å². The molecule has 174 valence electrons. The van der Waals surface area contributed by atoms with E-state index in [-0.39, 0.29) is 24.7 Å². The molecule has 0 spiro atoms. The number of benzene rings is 1. The summed E-state index contributed by atoms with van der Waals surface area (Å²) in [5.74, 6) is 1.41. The van der Waals surface area contributed by atoms with Gasteiger partial charge < -0.3 is 15.2 Å². The first-order valence-electron chi connectivity index (χ1n) is 10.5. The van der Waals surface area contributed by atoms with Gasteiger partial charge >= 0.3 is 0 Å². The number of ketones is 1. The zero-order valence-electron chi connectivity index (χ0n) is 18.5. The molecule has 0 fully saturated rings. The number of thioether (sulfide) groups is 1. The highest BCUT2D eigenvalue weighted by Crippen LogP contribution is 2.12. The zero-order valence-corrected chi connectivity index (χ0v) is 19.3. The fraction of sp³-hybridized carbons (Fsp3) is 0.364. The Labute approximate surface area is 195 Å². The van der Waals surface area contributed by atoms with Gasteiger partial charge in [-0.05, 0) is 12.0 Å². The molecule has 10 nitrogen and oxygen atoms in total. The van der Waals surface area contributed by atoms with Crippen LogP contribution in [0, 0.1) is 6.92 Å². The molecular weight excluding hydrogens is 444 g/mol. The fourth-order valence-corrected chi connectivity index (χ4v) is 3.95. The van der Waals surface area contributed by atoms with E-state index in [1.807, 2.05) is 30.3 Å². The fourth-order valence-electron chi connectivity index (χ4n) is 3.09. The Kier molecular flexibility index (Phi) is 8.76. The topological polar surface area (TPSA) is 132 Å². The number of Topliss-reactive ketones (excluding diaryl/α,β-unsaturated/α-hetero) is 1.